The van der Waals surface area contributed by atoms with E-state index in [0.717, 1.165) is 31.6 Å². The Morgan fingerprint density at radius 1 is 1.44 bits per heavy atom. The third kappa shape index (κ3) is 2.76. The van der Waals surface area contributed by atoms with Gasteiger partial charge in [-0.3, -0.25) is 0 Å². The zero-order valence-corrected chi connectivity index (χ0v) is 11.2. The van der Waals surface area contributed by atoms with Gasteiger partial charge >= 0.3 is 0 Å². The van der Waals surface area contributed by atoms with Gasteiger partial charge in [0.15, 0.2) is 0 Å². The topological polar surface area (TPSA) is 38.5 Å². The molecule has 0 aliphatic carbocycles. The Hall–Kier alpha value is -0.840. The molecule has 0 spiro atoms. The molecule has 0 unspecified atom stereocenters. The third-order valence-electron chi connectivity index (χ3n) is 3.45. The molecule has 0 atom stereocenters. The summed E-state index contributed by atoms with van der Waals surface area (Å²) in [7, 11) is 1.74. The van der Waals surface area contributed by atoms with E-state index in [0.29, 0.717) is 11.7 Å². The number of methoxy groups -OCH3 is 1. The van der Waals surface area contributed by atoms with Crippen molar-refractivity contribution < 1.29 is 9.13 Å². The first-order valence-electron chi connectivity index (χ1n) is 6.11. The number of piperidine rings is 1. The molecule has 1 aromatic carbocycles. The van der Waals surface area contributed by atoms with E-state index in [1.54, 1.807) is 19.2 Å². The zero-order valence-electron chi connectivity index (χ0n) is 10.5. The van der Waals surface area contributed by atoms with Crippen LogP contribution in [0.15, 0.2) is 12.1 Å². The molecule has 0 radical (unpaired) electrons. The smallest absolute Gasteiger partial charge is 0.146 e. The van der Waals surface area contributed by atoms with E-state index in [-0.39, 0.29) is 11.6 Å². The van der Waals surface area contributed by atoms with Crippen LogP contribution in [-0.2, 0) is 11.3 Å². The van der Waals surface area contributed by atoms with Crippen LogP contribution in [0, 0.1) is 5.82 Å². The van der Waals surface area contributed by atoms with Gasteiger partial charge in [-0.15, -0.1) is 0 Å². The van der Waals surface area contributed by atoms with Crippen molar-refractivity contribution in [2.24, 2.45) is 5.73 Å². The molecule has 0 aromatic heterocycles. The summed E-state index contributed by atoms with van der Waals surface area (Å²) >= 11 is 5.89. The van der Waals surface area contributed by atoms with Crippen LogP contribution >= 0.6 is 11.6 Å². The van der Waals surface area contributed by atoms with Crippen LogP contribution in [0.2, 0.25) is 5.02 Å². The van der Waals surface area contributed by atoms with Crippen molar-refractivity contribution in [2.75, 3.05) is 25.1 Å². The molecule has 0 bridgehead atoms. The highest BCUT2D eigenvalue weighted by Crippen LogP contribution is 2.28. The van der Waals surface area contributed by atoms with Crippen molar-refractivity contribution in [3.8, 4) is 0 Å². The fourth-order valence-electron chi connectivity index (χ4n) is 2.31. The Kier molecular flexibility index (Phi) is 4.43. The Balaban J connectivity index is 2.17. The summed E-state index contributed by atoms with van der Waals surface area (Å²) in [6.07, 6.45) is 2.28. The summed E-state index contributed by atoms with van der Waals surface area (Å²) < 4.78 is 18.9. The summed E-state index contributed by atoms with van der Waals surface area (Å²) in [5.41, 5.74) is 6.93. The lowest BCUT2D eigenvalue weighted by molar-refractivity contribution is 0.0819. The van der Waals surface area contributed by atoms with Crippen molar-refractivity contribution in [1.82, 2.24) is 0 Å². The van der Waals surface area contributed by atoms with Crippen LogP contribution in [0.1, 0.15) is 18.4 Å². The Labute approximate surface area is 112 Å². The number of rotatable bonds is 3. The summed E-state index contributed by atoms with van der Waals surface area (Å²) in [4.78, 5) is 2.19. The maximum Gasteiger partial charge on any atom is 0.146 e. The minimum atomic E-state index is -0.408. The van der Waals surface area contributed by atoms with Crippen molar-refractivity contribution in [2.45, 2.75) is 25.5 Å². The second kappa shape index (κ2) is 5.87. The largest absolute Gasteiger partial charge is 0.381 e. The van der Waals surface area contributed by atoms with Gasteiger partial charge < -0.3 is 15.4 Å². The van der Waals surface area contributed by atoms with E-state index in [1.807, 2.05) is 0 Å². The van der Waals surface area contributed by atoms with Gasteiger partial charge in [-0.25, -0.2) is 4.39 Å². The first kappa shape index (κ1) is 13.6. The van der Waals surface area contributed by atoms with E-state index in [9.17, 15) is 4.39 Å². The number of halogens is 2. The number of ether oxygens (including phenoxy) is 1. The van der Waals surface area contributed by atoms with Gasteiger partial charge in [-0.05, 0) is 25.0 Å². The molecule has 5 heteroatoms. The van der Waals surface area contributed by atoms with Crippen LogP contribution < -0.4 is 10.6 Å². The van der Waals surface area contributed by atoms with E-state index in [4.69, 9.17) is 22.1 Å². The molecule has 3 nitrogen and oxygen atoms in total. The van der Waals surface area contributed by atoms with Crippen molar-refractivity contribution >= 4 is 17.3 Å². The monoisotopic (exact) mass is 272 g/mol. The maximum atomic E-state index is 13.6. The van der Waals surface area contributed by atoms with Gasteiger partial charge in [0.1, 0.15) is 5.82 Å². The molecule has 1 fully saturated rings. The summed E-state index contributed by atoms with van der Waals surface area (Å²) in [5.74, 6) is -0.408. The Morgan fingerprint density at radius 2 is 2.11 bits per heavy atom. The fraction of sp³-hybridized carbons (Fsp3) is 0.538. The lowest BCUT2D eigenvalue weighted by Gasteiger charge is -2.33. The predicted molar refractivity (Wildman–Crippen MR) is 71.5 cm³/mol. The highest BCUT2D eigenvalue weighted by Gasteiger charge is 2.20. The molecule has 1 aliphatic rings. The number of nitrogens with two attached hydrogens (primary N) is 1. The van der Waals surface area contributed by atoms with E-state index < -0.39 is 5.82 Å². The number of anilines is 1. The second-order valence-electron chi connectivity index (χ2n) is 4.53. The van der Waals surface area contributed by atoms with Crippen LogP contribution in [0.25, 0.3) is 0 Å². The van der Waals surface area contributed by atoms with Gasteiger partial charge in [-0.2, -0.15) is 0 Å². The van der Waals surface area contributed by atoms with Crippen molar-refractivity contribution in [3.63, 3.8) is 0 Å². The Morgan fingerprint density at radius 3 is 2.67 bits per heavy atom. The first-order chi connectivity index (χ1) is 8.65. The van der Waals surface area contributed by atoms with Crippen LogP contribution in [0.3, 0.4) is 0 Å². The molecule has 18 heavy (non-hydrogen) atoms. The van der Waals surface area contributed by atoms with Crippen molar-refractivity contribution in [1.29, 1.82) is 0 Å². The second-order valence-corrected chi connectivity index (χ2v) is 4.93. The van der Waals surface area contributed by atoms with Gasteiger partial charge in [0.05, 0.1) is 11.1 Å². The van der Waals surface area contributed by atoms with Crippen molar-refractivity contribution in [3.05, 3.63) is 28.5 Å². The first-order valence-corrected chi connectivity index (χ1v) is 6.49. The zero-order chi connectivity index (χ0) is 13.1. The number of hydrogen-bond acceptors (Lipinski definition) is 3. The lowest BCUT2D eigenvalue weighted by Crippen LogP contribution is -2.36. The molecule has 1 aliphatic heterocycles. The lowest BCUT2D eigenvalue weighted by atomic mass is 10.1. The molecule has 1 aromatic rings. The molecule has 0 saturated carbocycles. The number of hydrogen-bond donors (Lipinski definition) is 1. The highest BCUT2D eigenvalue weighted by molar-refractivity contribution is 6.31. The summed E-state index contributed by atoms with van der Waals surface area (Å²) in [5, 5.41) is 0.141. The molecular weight excluding hydrogens is 255 g/mol. The molecule has 1 heterocycles. The maximum absolute atomic E-state index is 13.6. The molecule has 1 saturated heterocycles. The van der Waals surface area contributed by atoms with Gasteiger partial charge in [0.25, 0.3) is 0 Å². The average molecular weight is 273 g/mol. The minimum absolute atomic E-state index is 0.141. The molecule has 2 rings (SSSR count). The fourth-order valence-corrected chi connectivity index (χ4v) is 2.54. The predicted octanol–water partition coefficient (Wildman–Crippen LogP) is 2.55. The molecule has 2 N–H and O–H groups in total. The van der Waals surface area contributed by atoms with Crippen LogP contribution in [-0.4, -0.2) is 26.3 Å². The normalized spacial score (nSPS) is 17.2. The highest BCUT2D eigenvalue weighted by atomic mass is 35.5. The van der Waals surface area contributed by atoms with E-state index in [1.165, 1.54) is 0 Å². The van der Waals surface area contributed by atoms with Gasteiger partial charge in [0.2, 0.25) is 0 Å². The number of benzene rings is 1. The Bertz CT molecular complexity index is 420. The molecule has 100 valence electrons. The minimum Gasteiger partial charge on any atom is -0.381 e. The van der Waals surface area contributed by atoms with Gasteiger partial charge in [-0.1, -0.05) is 11.6 Å². The molecule has 0 amide bonds. The summed E-state index contributed by atoms with van der Waals surface area (Å²) in [6, 6.07) is 3.46. The molecular formula is C13H18ClFN2O. The van der Waals surface area contributed by atoms with E-state index in [2.05, 4.69) is 4.90 Å². The quantitative estimate of drug-likeness (QED) is 0.919. The standard InChI is InChI=1S/C13H18ClFN2O/c1-18-11-2-4-17(5-3-11)10-6-9(8-16)13(15)12(14)7-10/h6-7,11H,2-5,8,16H2,1H3. The summed E-state index contributed by atoms with van der Waals surface area (Å²) in [6.45, 7) is 1.95. The van der Waals surface area contributed by atoms with E-state index >= 15 is 0 Å². The number of nitrogens with zero attached hydrogens (tertiary/aromatic N) is 1. The van der Waals surface area contributed by atoms with Crippen LogP contribution in [0.5, 0.6) is 0 Å². The SMILES string of the molecule is COC1CCN(c2cc(Cl)c(F)c(CN)c2)CC1. The van der Waals surface area contributed by atoms with Gasteiger partial charge in [0, 0.05) is 38.0 Å². The van der Waals surface area contributed by atoms with Crippen LogP contribution in [0.4, 0.5) is 10.1 Å². The average Bonchev–Trinajstić information content (AvgIpc) is 2.42. The third-order valence-corrected chi connectivity index (χ3v) is 3.72.